The van der Waals surface area contributed by atoms with Gasteiger partial charge < -0.3 is 10.2 Å². The first kappa shape index (κ1) is 11.5. The van der Waals surface area contributed by atoms with Crippen LogP contribution in [0.5, 0.6) is 0 Å². The van der Waals surface area contributed by atoms with Gasteiger partial charge in [-0.3, -0.25) is 9.69 Å². The number of likely N-dealkylation sites (tertiary alicyclic amines) is 1. The van der Waals surface area contributed by atoms with Gasteiger partial charge in [-0.1, -0.05) is 6.92 Å². The Kier molecular flexibility index (Phi) is 4.35. The summed E-state index contributed by atoms with van der Waals surface area (Å²) in [6.07, 6.45) is 2.64. The molecule has 2 atom stereocenters. The zero-order chi connectivity index (χ0) is 10.6. The topological polar surface area (TPSA) is 60.8 Å². The first-order valence-corrected chi connectivity index (χ1v) is 5.26. The summed E-state index contributed by atoms with van der Waals surface area (Å²) in [6, 6.07) is -0.371. The van der Waals surface area contributed by atoms with Crippen LogP contribution in [0.3, 0.4) is 0 Å². The highest BCUT2D eigenvalue weighted by Crippen LogP contribution is 2.19. The highest BCUT2D eigenvalue weighted by atomic mass is 16.4. The normalized spacial score (nSPS) is 26.0. The SMILES string of the molecule is CC[C@H](C(=O)O)N1CCC[C@H](CO)C1. The molecule has 1 aliphatic rings. The highest BCUT2D eigenvalue weighted by molar-refractivity contribution is 5.73. The van der Waals surface area contributed by atoms with Crippen molar-refractivity contribution < 1.29 is 15.0 Å². The molecule has 0 amide bonds. The second-order valence-electron chi connectivity index (χ2n) is 3.95. The van der Waals surface area contributed by atoms with Crippen LogP contribution in [-0.2, 0) is 4.79 Å². The van der Waals surface area contributed by atoms with Crippen molar-refractivity contribution in [2.45, 2.75) is 32.2 Å². The Morgan fingerprint density at radius 2 is 2.36 bits per heavy atom. The third-order valence-electron chi connectivity index (χ3n) is 2.92. The van der Waals surface area contributed by atoms with E-state index in [0.717, 1.165) is 25.9 Å². The molecule has 4 nitrogen and oxygen atoms in total. The van der Waals surface area contributed by atoms with E-state index >= 15 is 0 Å². The van der Waals surface area contributed by atoms with E-state index in [9.17, 15) is 4.79 Å². The minimum Gasteiger partial charge on any atom is -0.480 e. The van der Waals surface area contributed by atoms with Gasteiger partial charge >= 0.3 is 5.97 Å². The van der Waals surface area contributed by atoms with Gasteiger partial charge in [0.2, 0.25) is 0 Å². The average Bonchev–Trinajstić information content (AvgIpc) is 2.19. The average molecular weight is 201 g/mol. The van der Waals surface area contributed by atoms with Crippen molar-refractivity contribution in [1.82, 2.24) is 4.90 Å². The summed E-state index contributed by atoms with van der Waals surface area (Å²) in [5, 5.41) is 18.0. The van der Waals surface area contributed by atoms with Crippen molar-refractivity contribution in [3.8, 4) is 0 Å². The molecule has 1 saturated heterocycles. The van der Waals surface area contributed by atoms with E-state index < -0.39 is 5.97 Å². The van der Waals surface area contributed by atoms with Crippen LogP contribution in [0, 0.1) is 5.92 Å². The van der Waals surface area contributed by atoms with Gasteiger partial charge in [0.05, 0.1) is 0 Å². The Labute approximate surface area is 84.5 Å². The number of aliphatic hydroxyl groups excluding tert-OH is 1. The van der Waals surface area contributed by atoms with Crippen LogP contribution in [-0.4, -0.2) is 46.8 Å². The highest BCUT2D eigenvalue weighted by Gasteiger charge is 2.28. The van der Waals surface area contributed by atoms with Crippen molar-refractivity contribution in [1.29, 1.82) is 0 Å². The Hall–Kier alpha value is -0.610. The predicted molar refractivity (Wildman–Crippen MR) is 53.1 cm³/mol. The molecule has 0 aliphatic carbocycles. The largest absolute Gasteiger partial charge is 0.480 e. The van der Waals surface area contributed by atoms with Crippen LogP contribution in [0.1, 0.15) is 26.2 Å². The molecular formula is C10H19NO3. The molecule has 0 radical (unpaired) electrons. The van der Waals surface area contributed by atoms with Gasteiger partial charge in [0.1, 0.15) is 6.04 Å². The molecule has 0 unspecified atom stereocenters. The maximum absolute atomic E-state index is 10.9. The van der Waals surface area contributed by atoms with Crippen LogP contribution in [0.25, 0.3) is 0 Å². The summed E-state index contributed by atoms with van der Waals surface area (Å²) >= 11 is 0. The van der Waals surface area contributed by atoms with E-state index in [-0.39, 0.29) is 18.6 Å². The number of rotatable bonds is 4. The van der Waals surface area contributed by atoms with E-state index in [2.05, 4.69) is 0 Å². The summed E-state index contributed by atoms with van der Waals surface area (Å²) in [7, 11) is 0. The van der Waals surface area contributed by atoms with Crippen molar-refractivity contribution in [3.05, 3.63) is 0 Å². The molecule has 82 valence electrons. The van der Waals surface area contributed by atoms with Crippen LogP contribution in [0.15, 0.2) is 0 Å². The molecular weight excluding hydrogens is 182 g/mol. The number of hydrogen-bond acceptors (Lipinski definition) is 3. The van der Waals surface area contributed by atoms with E-state index in [1.54, 1.807) is 0 Å². The quantitative estimate of drug-likeness (QED) is 0.697. The number of nitrogens with zero attached hydrogens (tertiary/aromatic N) is 1. The summed E-state index contributed by atoms with van der Waals surface area (Å²) in [5.74, 6) is -0.483. The summed E-state index contributed by atoms with van der Waals surface area (Å²) < 4.78 is 0. The Bertz CT molecular complexity index is 196. The Morgan fingerprint density at radius 3 is 2.86 bits per heavy atom. The lowest BCUT2D eigenvalue weighted by atomic mass is 9.97. The number of aliphatic carboxylic acids is 1. The van der Waals surface area contributed by atoms with Crippen molar-refractivity contribution in [2.75, 3.05) is 19.7 Å². The minimum absolute atomic E-state index is 0.173. The van der Waals surface area contributed by atoms with Gasteiger partial charge in [-0.2, -0.15) is 0 Å². The summed E-state index contributed by atoms with van der Waals surface area (Å²) in [5.41, 5.74) is 0. The third-order valence-corrected chi connectivity index (χ3v) is 2.92. The molecule has 0 aromatic heterocycles. The standard InChI is InChI=1S/C10H19NO3/c1-2-9(10(13)14)11-5-3-4-8(6-11)7-12/h8-9,12H,2-7H2,1H3,(H,13,14)/t8-,9+/m0/s1. The van der Waals surface area contributed by atoms with Crippen molar-refractivity contribution >= 4 is 5.97 Å². The first-order valence-electron chi connectivity index (χ1n) is 5.26. The minimum atomic E-state index is -0.744. The van der Waals surface area contributed by atoms with Crippen LogP contribution >= 0.6 is 0 Å². The molecule has 2 N–H and O–H groups in total. The monoisotopic (exact) mass is 201 g/mol. The lowest BCUT2D eigenvalue weighted by Crippen LogP contribution is -2.47. The van der Waals surface area contributed by atoms with Crippen molar-refractivity contribution in [3.63, 3.8) is 0 Å². The summed E-state index contributed by atoms with van der Waals surface area (Å²) in [6.45, 7) is 3.64. The van der Waals surface area contributed by atoms with E-state index in [1.165, 1.54) is 0 Å². The molecule has 4 heteroatoms. The first-order chi connectivity index (χ1) is 6.69. The molecule has 0 aromatic carbocycles. The molecule has 1 heterocycles. The molecule has 0 spiro atoms. The fraction of sp³-hybridized carbons (Fsp3) is 0.900. The maximum Gasteiger partial charge on any atom is 0.320 e. The lowest BCUT2D eigenvalue weighted by molar-refractivity contribution is -0.144. The van der Waals surface area contributed by atoms with Crippen LogP contribution in [0.4, 0.5) is 0 Å². The number of carboxylic acid groups (broad SMARTS) is 1. The zero-order valence-corrected chi connectivity index (χ0v) is 8.65. The fourth-order valence-corrected chi connectivity index (χ4v) is 2.12. The van der Waals surface area contributed by atoms with Gasteiger partial charge in [-0.25, -0.2) is 0 Å². The maximum atomic E-state index is 10.9. The predicted octanol–water partition coefficient (Wildman–Crippen LogP) is 0.554. The molecule has 1 rings (SSSR count). The summed E-state index contributed by atoms with van der Waals surface area (Å²) in [4.78, 5) is 12.9. The Morgan fingerprint density at radius 1 is 1.64 bits per heavy atom. The van der Waals surface area contributed by atoms with Gasteiger partial charge in [-0.15, -0.1) is 0 Å². The lowest BCUT2D eigenvalue weighted by Gasteiger charge is -2.35. The van der Waals surface area contributed by atoms with Gasteiger partial charge in [0.25, 0.3) is 0 Å². The van der Waals surface area contributed by atoms with E-state index in [4.69, 9.17) is 10.2 Å². The second-order valence-corrected chi connectivity index (χ2v) is 3.95. The third kappa shape index (κ3) is 2.69. The number of hydrogen-bond donors (Lipinski definition) is 2. The van der Waals surface area contributed by atoms with Gasteiger partial charge in [0.15, 0.2) is 0 Å². The smallest absolute Gasteiger partial charge is 0.320 e. The molecule has 1 fully saturated rings. The second kappa shape index (κ2) is 5.32. The number of carbonyl (C=O) groups is 1. The molecule has 0 aromatic rings. The van der Waals surface area contributed by atoms with Crippen LogP contribution < -0.4 is 0 Å². The van der Waals surface area contributed by atoms with Crippen LogP contribution in [0.2, 0.25) is 0 Å². The van der Waals surface area contributed by atoms with Gasteiger partial charge in [0, 0.05) is 13.2 Å². The molecule has 0 saturated carbocycles. The van der Waals surface area contributed by atoms with Gasteiger partial charge in [-0.05, 0) is 31.7 Å². The Balaban J connectivity index is 2.53. The number of aliphatic hydroxyl groups is 1. The molecule has 1 aliphatic heterocycles. The fourth-order valence-electron chi connectivity index (χ4n) is 2.12. The zero-order valence-electron chi connectivity index (χ0n) is 8.65. The molecule has 0 bridgehead atoms. The number of carboxylic acids is 1. The molecule has 14 heavy (non-hydrogen) atoms. The van der Waals surface area contributed by atoms with E-state index in [1.807, 2.05) is 11.8 Å². The number of piperidine rings is 1. The van der Waals surface area contributed by atoms with Crippen molar-refractivity contribution in [2.24, 2.45) is 5.92 Å². The van der Waals surface area contributed by atoms with E-state index in [0.29, 0.717) is 6.42 Å².